The molecule has 0 bridgehead atoms. The molecule has 0 aromatic heterocycles. The quantitative estimate of drug-likeness (QED) is 0.600. The van der Waals surface area contributed by atoms with Gasteiger partial charge in [-0.1, -0.05) is 12.1 Å². The van der Waals surface area contributed by atoms with Gasteiger partial charge in [0.2, 0.25) is 0 Å². The molecule has 0 aliphatic rings. The van der Waals surface area contributed by atoms with Crippen LogP contribution >= 0.6 is 0 Å². The number of rotatable bonds is 7. The summed E-state index contributed by atoms with van der Waals surface area (Å²) in [6.45, 7) is 5.24. The zero-order chi connectivity index (χ0) is 19.0. The van der Waals surface area contributed by atoms with Crippen molar-refractivity contribution in [2.24, 2.45) is 0 Å². The molecule has 0 saturated heterocycles. The number of amides is 1. The molecule has 0 spiro atoms. The minimum atomic E-state index is -0.668. The minimum Gasteiger partial charge on any atom is -0.497 e. The smallest absolute Gasteiger partial charge is 0.408 e. The second-order valence-corrected chi connectivity index (χ2v) is 6.47. The largest absolute Gasteiger partial charge is 0.497 e. The molecule has 1 aromatic carbocycles. The molecular formula is C18H25NO6. The summed E-state index contributed by atoms with van der Waals surface area (Å²) >= 11 is 0. The third kappa shape index (κ3) is 7.69. The van der Waals surface area contributed by atoms with Crippen LogP contribution in [0.25, 0.3) is 0 Å². The van der Waals surface area contributed by atoms with E-state index in [1.807, 2.05) is 0 Å². The molecule has 25 heavy (non-hydrogen) atoms. The Morgan fingerprint density at radius 3 is 2.40 bits per heavy atom. The highest BCUT2D eigenvalue weighted by molar-refractivity contribution is 5.96. The number of ketones is 1. The van der Waals surface area contributed by atoms with Gasteiger partial charge in [0.1, 0.15) is 23.6 Å². The van der Waals surface area contributed by atoms with E-state index >= 15 is 0 Å². The lowest BCUT2D eigenvalue weighted by atomic mass is 10.00. The highest BCUT2D eigenvalue weighted by Gasteiger charge is 2.24. The summed E-state index contributed by atoms with van der Waals surface area (Å²) < 4.78 is 14.9. The molecule has 7 nitrogen and oxygen atoms in total. The standard InChI is InChI=1S/C18H25NO6/c1-18(2,3)25-17(22)19-15(10-13(20)11-16(21)24-5)12-7-6-8-14(9-12)23-4/h6-9,15H,10-11H2,1-5H3,(H,19,22). The molecular weight excluding hydrogens is 326 g/mol. The molecule has 138 valence electrons. The molecule has 0 fully saturated rings. The van der Waals surface area contributed by atoms with Gasteiger partial charge in [-0.3, -0.25) is 9.59 Å². The maximum Gasteiger partial charge on any atom is 0.408 e. The number of esters is 1. The fourth-order valence-corrected chi connectivity index (χ4v) is 2.09. The lowest BCUT2D eigenvalue weighted by molar-refractivity contribution is -0.143. The zero-order valence-corrected chi connectivity index (χ0v) is 15.3. The van der Waals surface area contributed by atoms with Crippen LogP contribution in [0.2, 0.25) is 0 Å². The van der Waals surface area contributed by atoms with E-state index in [0.29, 0.717) is 11.3 Å². The summed E-state index contributed by atoms with van der Waals surface area (Å²) in [5.41, 5.74) is 0.00222. The molecule has 1 N–H and O–H groups in total. The third-order valence-electron chi connectivity index (χ3n) is 3.19. The zero-order valence-electron chi connectivity index (χ0n) is 15.3. The fourth-order valence-electron chi connectivity index (χ4n) is 2.09. The van der Waals surface area contributed by atoms with E-state index in [0.717, 1.165) is 0 Å². The van der Waals surface area contributed by atoms with Crippen LogP contribution in [0.4, 0.5) is 4.79 Å². The lowest BCUT2D eigenvalue weighted by Crippen LogP contribution is -2.36. The molecule has 1 aromatic rings. The van der Waals surface area contributed by atoms with Crippen LogP contribution in [0, 0.1) is 0 Å². The first kappa shape index (κ1) is 20.5. The molecule has 0 aliphatic carbocycles. The van der Waals surface area contributed by atoms with E-state index in [1.54, 1.807) is 45.0 Å². The van der Waals surface area contributed by atoms with Crippen molar-refractivity contribution in [1.82, 2.24) is 5.32 Å². The molecule has 1 atom stereocenters. The van der Waals surface area contributed by atoms with Gasteiger partial charge < -0.3 is 19.5 Å². The molecule has 1 unspecified atom stereocenters. The first-order chi connectivity index (χ1) is 11.6. The highest BCUT2D eigenvalue weighted by Crippen LogP contribution is 2.23. The van der Waals surface area contributed by atoms with Gasteiger partial charge in [0.15, 0.2) is 0 Å². The minimum absolute atomic E-state index is 0.0679. The van der Waals surface area contributed by atoms with E-state index in [9.17, 15) is 14.4 Å². The SMILES string of the molecule is COC(=O)CC(=O)CC(NC(=O)OC(C)(C)C)c1cccc(OC)c1. The molecule has 0 heterocycles. The number of Topliss-reactive ketones (excluding diaryl/α,β-unsaturated/α-hetero) is 1. The normalized spacial score (nSPS) is 12.0. The molecule has 1 rings (SSSR count). The van der Waals surface area contributed by atoms with Crippen molar-refractivity contribution in [3.05, 3.63) is 29.8 Å². The van der Waals surface area contributed by atoms with Gasteiger partial charge in [-0.15, -0.1) is 0 Å². The maximum atomic E-state index is 12.1. The van der Waals surface area contributed by atoms with Crippen molar-refractivity contribution in [2.45, 2.75) is 45.3 Å². The first-order valence-electron chi connectivity index (χ1n) is 7.86. The topological polar surface area (TPSA) is 90.9 Å². The van der Waals surface area contributed by atoms with Gasteiger partial charge in [0, 0.05) is 6.42 Å². The predicted octanol–water partition coefficient (Wildman–Crippen LogP) is 2.78. The van der Waals surface area contributed by atoms with Crippen molar-refractivity contribution in [1.29, 1.82) is 0 Å². The van der Waals surface area contributed by atoms with Crippen molar-refractivity contribution in [2.75, 3.05) is 14.2 Å². The van der Waals surface area contributed by atoms with E-state index < -0.39 is 23.7 Å². The van der Waals surface area contributed by atoms with E-state index in [-0.39, 0.29) is 18.6 Å². The Kier molecular flexibility index (Phi) is 7.42. The summed E-state index contributed by atoms with van der Waals surface area (Å²) in [7, 11) is 2.74. The van der Waals surface area contributed by atoms with Crippen LogP contribution in [0.15, 0.2) is 24.3 Å². The van der Waals surface area contributed by atoms with Crippen LogP contribution in [-0.2, 0) is 19.1 Å². The molecule has 7 heteroatoms. The van der Waals surface area contributed by atoms with Gasteiger partial charge in [0.05, 0.1) is 20.3 Å². The Balaban J connectivity index is 2.94. The van der Waals surface area contributed by atoms with Crippen LogP contribution in [0.5, 0.6) is 5.75 Å². The van der Waals surface area contributed by atoms with Crippen LogP contribution < -0.4 is 10.1 Å². The average molecular weight is 351 g/mol. The van der Waals surface area contributed by atoms with Gasteiger partial charge in [0.25, 0.3) is 0 Å². The summed E-state index contributed by atoms with van der Waals surface area (Å²) in [5, 5.41) is 2.67. The summed E-state index contributed by atoms with van der Waals surface area (Å²) in [6, 6.07) is 6.33. The number of nitrogens with one attached hydrogen (secondary N) is 1. The first-order valence-corrected chi connectivity index (χ1v) is 7.86. The number of alkyl carbamates (subject to hydrolysis) is 1. The molecule has 0 aliphatic heterocycles. The number of carbonyl (C=O) groups excluding carboxylic acids is 3. The Morgan fingerprint density at radius 2 is 1.84 bits per heavy atom. The maximum absolute atomic E-state index is 12.1. The average Bonchev–Trinajstić information content (AvgIpc) is 2.52. The van der Waals surface area contributed by atoms with E-state index in [1.165, 1.54) is 14.2 Å². The van der Waals surface area contributed by atoms with Crippen molar-refractivity contribution in [3.8, 4) is 5.75 Å². The van der Waals surface area contributed by atoms with Crippen LogP contribution in [0.3, 0.4) is 0 Å². The van der Waals surface area contributed by atoms with Gasteiger partial charge in [-0.05, 0) is 38.5 Å². The van der Waals surface area contributed by atoms with Crippen LogP contribution in [0.1, 0.15) is 45.2 Å². The number of hydrogen-bond acceptors (Lipinski definition) is 6. The number of benzene rings is 1. The Hall–Kier alpha value is -2.57. The Labute approximate surface area is 147 Å². The molecule has 0 radical (unpaired) electrons. The summed E-state index contributed by atoms with van der Waals surface area (Å²) in [4.78, 5) is 35.5. The summed E-state index contributed by atoms with van der Waals surface area (Å²) in [5.74, 6) is -0.378. The molecule has 1 amide bonds. The van der Waals surface area contributed by atoms with E-state index in [4.69, 9.17) is 9.47 Å². The highest BCUT2D eigenvalue weighted by atomic mass is 16.6. The third-order valence-corrected chi connectivity index (χ3v) is 3.19. The van der Waals surface area contributed by atoms with Gasteiger partial charge >= 0.3 is 12.1 Å². The predicted molar refractivity (Wildman–Crippen MR) is 91.4 cm³/mol. The fraction of sp³-hybridized carbons (Fsp3) is 0.500. The van der Waals surface area contributed by atoms with Crippen molar-refractivity contribution < 1.29 is 28.6 Å². The number of ether oxygens (including phenoxy) is 3. The van der Waals surface area contributed by atoms with Gasteiger partial charge in [-0.25, -0.2) is 4.79 Å². The monoisotopic (exact) mass is 351 g/mol. The molecule has 0 saturated carbocycles. The summed E-state index contributed by atoms with van der Waals surface area (Å²) in [6.07, 6.45) is -1.07. The second-order valence-electron chi connectivity index (χ2n) is 6.47. The van der Waals surface area contributed by atoms with Gasteiger partial charge in [-0.2, -0.15) is 0 Å². The number of methoxy groups -OCH3 is 2. The Bertz CT molecular complexity index is 620. The van der Waals surface area contributed by atoms with Crippen molar-refractivity contribution in [3.63, 3.8) is 0 Å². The van der Waals surface area contributed by atoms with E-state index in [2.05, 4.69) is 10.1 Å². The Morgan fingerprint density at radius 1 is 1.16 bits per heavy atom. The number of hydrogen-bond donors (Lipinski definition) is 1. The lowest BCUT2D eigenvalue weighted by Gasteiger charge is -2.24. The second kappa shape index (κ2) is 9.05. The van der Waals surface area contributed by atoms with Crippen molar-refractivity contribution >= 4 is 17.8 Å². The van der Waals surface area contributed by atoms with Crippen LogP contribution in [-0.4, -0.2) is 37.7 Å². The number of carbonyl (C=O) groups is 3.